The molecule has 1 saturated heterocycles. The van der Waals surface area contributed by atoms with E-state index in [-0.39, 0.29) is 0 Å². The summed E-state index contributed by atoms with van der Waals surface area (Å²) in [4.78, 5) is 11.2. The average molecular weight is 367 g/mol. The fourth-order valence-corrected chi connectivity index (χ4v) is 4.49. The largest absolute Gasteiger partial charge is 0.480 e. The molecule has 2 aliphatic rings. The van der Waals surface area contributed by atoms with Gasteiger partial charge in [0.1, 0.15) is 0 Å². The number of ether oxygens (including phenoxy) is 2. The SMILES string of the molecule is COc1ncc(-c2ccc([C@H]3C[C@@H](CN4CCC[C@H]4C)C3)cc2)c(OC)n1. The normalized spacial score (nSPS) is 25.2. The van der Waals surface area contributed by atoms with Gasteiger partial charge in [-0.2, -0.15) is 4.98 Å². The Bertz CT molecular complexity index is 772. The van der Waals surface area contributed by atoms with Crippen molar-refractivity contribution in [1.82, 2.24) is 14.9 Å². The Kier molecular flexibility index (Phi) is 5.30. The van der Waals surface area contributed by atoms with Gasteiger partial charge in [0.2, 0.25) is 5.88 Å². The number of nitrogens with zero attached hydrogens (tertiary/aromatic N) is 3. The van der Waals surface area contributed by atoms with Crippen LogP contribution in [0.1, 0.15) is 44.1 Å². The van der Waals surface area contributed by atoms with Crippen LogP contribution in [0.3, 0.4) is 0 Å². The van der Waals surface area contributed by atoms with Gasteiger partial charge in [0.25, 0.3) is 0 Å². The molecule has 4 rings (SSSR count). The maximum Gasteiger partial charge on any atom is 0.319 e. The number of likely N-dealkylation sites (tertiary alicyclic amines) is 1. The molecule has 5 nitrogen and oxygen atoms in total. The highest BCUT2D eigenvalue weighted by Gasteiger charge is 2.33. The summed E-state index contributed by atoms with van der Waals surface area (Å²) in [6, 6.07) is 9.90. The zero-order valence-electron chi connectivity index (χ0n) is 16.5. The van der Waals surface area contributed by atoms with Gasteiger partial charge >= 0.3 is 6.01 Å². The molecule has 1 aromatic carbocycles. The van der Waals surface area contributed by atoms with Crippen LogP contribution in [0, 0.1) is 5.92 Å². The van der Waals surface area contributed by atoms with Crippen LogP contribution in [0.2, 0.25) is 0 Å². The number of aromatic nitrogens is 2. The number of rotatable bonds is 6. The van der Waals surface area contributed by atoms with Crippen LogP contribution in [0.5, 0.6) is 11.9 Å². The smallest absolute Gasteiger partial charge is 0.319 e. The van der Waals surface area contributed by atoms with Crippen molar-refractivity contribution < 1.29 is 9.47 Å². The maximum absolute atomic E-state index is 5.40. The van der Waals surface area contributed by atoms with Gasteiger partial charge in [0, 0.05) is 18.8 Å². The lowest BCUT2D eigenvalue weighted by Crippen LogP contribution is -2.37. The fourth-order valence-electron chi connectivity index (χ4n) is 4.49. The molecule has 1 atom stereocenters. The summed E-state index contributed by atoms with van der Waals surface area (Å²) >= 11 is 0. The average Bonchev–Trinajstić information content (AvgIpc) is 3.08. The molecule has 1 aromatic heterocycles. The van der Waals surface area contributed by atoms with Crippen molar-refractivity contribution in [2.24, 2.45) is 5.92 Å². The summed E-state index contributed by atoms with van der Waals surface area (Å²) in [6.45, 7) is 4.96. The van der Waals surface area contributed by atoms with Crippen molar-refractivity contribution in [3.8, 4) is 23.0 Å². The molecule has 0 N–H and O–H groups in total. The van der Waals surface area contributed by atoms with Crippen LogP contribution in [-0.2, 0) is 0 Å². The maximum atomic E-state index is 5.40. The zero-order valence-corrected chi connectivity index (χ0v) is 16.5. The summed E-state index contributed by atoms with van der Waals surface area (Å²) < 4.78 is 10.5. The summed E-state index contributed by atoms with van der Waals surface area (Å²) in [5, 5.41) is 0. The van der Waals surface area contributed by atoms with Gasteiger partial charge in [-0.25, -0.2) is 4.98 Å². The first-order chi connectivity index (χ1) is 13.2. The number of hydrogen-bond acceptors (Lipinski definition) is 5. The minimum Gasteiger partial charge on any atom is -0.480 e. The molecular weight excluding hydrogens is 338 g/mol. The molecule has 144 valence electrons. The molecule has 2 heterocycles. The Hall–Kier alpha value is -2.14. The Morgan fingerprint density at radius 3 is 2.52 bits per heavy atom. The third-order valence-corrected chi connectivity index (χ3v) is 6.22. The van der Waals surface area contributed by atoms with E-state index in [9.17, 15) is 0 Å². The van der Waals surface area contributed by atoms with E-state index in [0.717, 1.165) is 23.1 Å². The molecule has 0 bridgehead atoms. The van der Waals surface area contributed by atoms with Crippen molar-refractivity contribution in [2.75, 3.05) is 27.3 Å². The third kappa shape index (κ3) is 3.79. The highest BCUT2D eigenvalue weighted by atomic mass is 16.5. The number of benzene rings is 1. The van der Waals surface area contributed by atoms with E-state index in [4.69, 9.17) is 9.47 Å². The molecule has 2 aromatic rings. The lowest BCUT2D eigenvalue weighted by atomic mass is 9.71. The zero-order chi connectivity index (χ0) is 18.8. The van der Waals surface area contributed by atoms with Crippen molar-refractivity contribution >= 4 is 0 Å². The van der Waals surface area contributed by atoms with Crippen LogP contribution in [0.15, 0.2) is 30.5 Å². The van der Waals surface area contributed by atoms with Crippen LogP contribution < -0.4 is 9.47 Å². The van der Waals surface area contributed by atoms with E-state index in [1.165, 1.54) is 44.3 Å². The van der Waals surface area contributed by atoms with Gasteiger partial charge in [0.05, 0.1) is 19.8 Å². The lowest BCUT2D eigenvalue weighted by Gasteiger charge is -2.39. The predicted octanol–water partition coefficient (Wildman–Crippen LogP) is 4.14. The molecule has 1 saturated carbocycles. The van der Waals surface area contributed by atoms with Crippen molar-refractivity contribution in [1.29, 1.82) is 0 Å². The van der Waals surface area contributed by atoms with E-state index in [0.29, 0.717) is 17.8 Å². The van der Waals surface area contributed by atoms with Crippen LogP contribution >= 0.6 is 0 Å². The molecule has 27 heavy (non-hydrogen) atoms. The molecule has 0 amide bonds. The molecule has 2 fully saturated rings. The van der Waals surface area contributed by atoms with E-state index >= 15 is 0 Å². The first-order valence-corrected chi connectivity index (χ1v) is 9.97. The van der Waals surface area contributed by atoms with Gasteiger partial charge in [-0.15, -0.1) is 0 Å². The number of hydrogen-bond donors (Lipinski definition) is 0. The molecule has 5 heteroatoms. The Labute approximate surface area is 161 Å². The topological polar surface area (TPSA) is 47.5 Å². The third-order valence-electron chi connectivity index (χ3n) is 6.22. The number of methoxy groups -OCH3 is 2. The highest BCUT2D eigenvalue weighted by molar-refractivity contribution is 5.68. The Morgan fingerprint density at radius 1 is 1.11 bits per heavy atom. The van der Waals surface area contributed by atoms with Gasteiger partial charge in [-0.05, 0) is 62.1 Å². The minimum absolute atomic E-state index is 0.319. The van der Waals surface area contributed by atoms with Gasteiger partial charge in [0.15, 0.2) is 0 Å². The Morgan fingerprint density at radius 2 is 1.89 bits per heavy atom. The first-order valence-electron chi connectivity index (χ1n) is 9.97. The first kappa shape index (κ1) is 18.2. The summed E-state index contributed by atoms with van der Waals surface area (Å²) in [7, 11) is 3.18. The summed E-state index contributed by atoms with van der Waals surface area (Å²) in [5.41, 5.74) is 3.40. The van der Waals surface area contributed by atoms with Crippen LogP contribution in [-0.4, -0.2) is 48.2 Å². The summed E-state index contributed by atoms with van der Waals surface area (Å²) in [5.74, 6) is 2.11. The Balaban J connectivity index is 1.39. The second-order valence-corrected chi connectivity index (χ2v) is 7.92. The molecule has 0 unspecified atom stereocenters. The van der Waals surface area contributed by atoms with Gasteiger partial charge < -0.3 is 14.4 Å². The summed E-state index contributed by atoms with van der Waals surface area (Å²) in [6.07, 6.45) is 7.14. The van der Waals surface area contributed by atoms with E-state index in [1.54, 1.807) is 20.4 Å². The van der Waals surface area contributed by atoms with Gasteiger partial charge in [-0.3, -0.25) is 0 Å². The molecule has 0 radical (unpaired) electrons. The quantitative estimate of drug-likeness (QED) is 0.768. The van der Waals surface area contributed by atoms with Crippen molar-refractivity contribution in [2.45, 2.75) is 44.6 Å². The van der Waals surface area contributed by atoms with Crippen LogP contribution in [0.25, 0.3) is 11.1 Å². The van der Waals surface area contributed by atoms with Crippen LogP contribution in [0.4, 0.5) is 0 Å². The molecule has 0 spiro atoms. The predicted molar refractivity (Wildman–Crippen MR) is 106 cm³/mol. The van der Waals surface area contributed by atoms with E-state index < -0.39 is 0 Å². The highest BCUT2D eigenvalue weighted by Crippen LogP contribution is 2.43. The second kappa shape index (κ2) is 7.85. The van der Waals surface area contributed by atoms with E-state index in [1.807, 2.05) is 0 Å². The fraction of sp³-hybridized carbons (Fsp3) is 0.545. The standard InChI is InChI=1S/C22H29N3O2/c1-15-5-4-10-25(15)14-16-11-19(12-16)17-6-8-18(9-7-17)20-13-23-22(27-3)24-21(20)26-2/h6-9,13,15-16,19H,4-5,10-12,14H2,1-3H3/t15-,16-,19+/m1/s1. The van der Waals surface area contributed by atoms with E-state index in [2.05, 4.69) is 46.1 Å². The van der Waals surface area contributed by atoms with Crippen molar-refractivity contribution in [3.05, 3.63) is 36.0 Å². The van der Waals surface area contributed by atoms with Gasteiger partial charge in [-0.1, -0.05) is 24.3 Å². The minimum atomic E-state index is 0.319. The molecular formula is C22H29N3O2. The monoisotopic (exact) mass is 367 g/mol. The van der Waals surface area contributed by atoms with Crippen molar-refractivity contribution in [3.63, 3.8) is 0 Å². The lowest BCUT2D eigenvalue weighted by molar-refractivity contribution is 0.154. The second-order valence-electron chi connectivity index (χ2n) is 7.92. The molecule has 1 aliphatic heterocycles. The molecule has 1 aliphatic carbocycles.